The second-order valence-electron chi connectivity index (χ2n) is 6.83. The zero-order valence-electron chi connectivity index (χ0n) is 15.8. The van der Waals surface area contributed by atoms with E-state index >= 15 is 0 Å². The van der Waals surface area contributed by atoms with Gasteiger partial charge in [-0.3, -0.25) is 0 Å². The molecular formula is C21H14Cl5O4P. The molecular weight excluding hydrogens is 524 g/mol. The third-order valence-electron chi connectivity index (χ3n) is 4.62. The number of halogens is 5. The molecule has 0 unspecified atom stereocenters. The fraction of sp³-hybridized carbons (Fsp3) is 0.143. The summed E-state index contributed by atoms with van der Waals surface area (Å²) in [6.45, 7) is 1.81. The van der Waals surface area contributed by atoms with Gasteiger partial charge in [0.05, 0.1) is 5.92 Å². The van der Waals surface area contributed by atoms with Gasteiger partial charge >= 0.3 is 7.82 Å². The van der Waals surface area contributed by atoms with Crippen molar-refractivity contribution in [2.45, 2.75) is 16.6 Å². The van der Waals surface area contributed by atoms with Crippen LogP contribution in [0.15, 0.2) is 60.7 Å². The number of hydrogen-bond donors (Lipinski definition) is 0. The van der Waals surface area contributed by atoms with Crippen molar-refractivity contribution in [1.82, 2.24) is 0 Å². The molecule has 0 amide bonds. The molecule has 0 aliphatic carbocycles. The van der Waals surface area contributed by atoms with Crippen LogP contribution in [0.25, 0.3) is 0 Å². The second kappa shape index (κ2) is 8.59. The zero-order chi connectivity index (χ0) is 22.4. The van der Waals surface area contributed by atoms with Gasteiger partial charge in [0, 0.05) is 21.2 Å². The highest BCUT2D eigenvalue weighted by atomic mass is 35.6. The molecule has 162 valence electrons. The molecule has 10 heteroatoms. The minimum absolute atomic E-state index is 0.142. The average Bonchev–Trinajstić information content (AvgIpc) is 2.66. The van der Waals surface area contributed by atoms with Crippen LogP contribution in [0.2, 0.25) is 10.0 Å². The van der Waals surface area contributed by atoms with Crippen molar-refractivity contribution in [3.63, 3.8) is 0 Å². The Morgan fingerprint density at radius 3 is 1.87 bits per heavy atom. The summed E-state index contributed by atoms with van der Waals surface area (Å²) in [6, 6.07) is 16.4. The lowest BCUT2D eigenvalue weighted by molar-refractivity contribution is 0.292. The fourth-order valence-electron chi connectivity index (χ4n) is 3.25. The van der Waals surface area contributed by atoms with Crippen LogP contribution in [-0.4, -0.2) is 3.79 Å². The molecule has 4 nitrogen and oxygen atoms in total. The van der Waals surface area contributed by atoms with E-state index in [1.54, 1.807) is 36.4 Å². The summed E-state index contributed by atoms with van der Waals surface area (Å²) in [4.78, 5) is 0. The smallest absolute Gasteiger partial charge is 0.386 e. The van der Waals surface area contributed by atoms with Crippen molar-refractivity contribution in [2.24, 2.45) is 0 Å². The van der Waals surface area contributed by atoms with Gasteiger partial charge in [0.25, 0.3) is 0 Å². The van der Waals surface area contributed by atoms with Gasteiger partial charge in [-0.1, -0.05) is 76.2 Å². The van der Waals surface area contributed by atoms with E-state index in [2.05, 4.69) is 0 Å². The van der Waals surface area contributed by atoms with Gasteiger partial charge in [0.1, 0.15) is 17.2 Å². The lowest BCUT2D eigenvalue weighted by atomic mass is 9.91. The Labute approximate surface area is 204 Å². The number of hydrogen-bond acceptors (Lipinski definition) is 4. The topological polar surface area (TPSA) is 44.8 Å². The summed E-state index contributed by atoms with van der Waals surface area (Å²) >= 11 is 31.5. The molecule has 1 aliphatic rings. The summed E-state index contributed by atoms with van der Waals surface area (Å²) in [5.74, 6) is -0.256. The Hall–Kier alpha value is -1.26. The van der Waals surface area contributed by atoms with Crippen LogP contribution in [0.4, 0.5) is 0 Å². The van der Waals surface area contributed by atoms with Gasteiger partial charge in [-0.25, -0.2) is 0 Å². The Balaban J connectivity index is 1.94. The summed E-state index contributed by atoms with van der Waals surface area (Å²) < 4.78 is 29.3. The first kappa shape index (κ1) is 22.9. The van der Waals surface area contributed by atoms with Crippen molar-refractivity contribution in [3.05, 3.63) is 87.4 Å². The van der Waals surface area contributed by atoms with Gasteiger partial charge in [0.15, 0.2) is 0 Å². The Morgan fingerprint density at radius 2 is 1.39 bits per heavy atom. The van der Waals surface area contributed by atoms with E-state index in [4.69, 9.17) is 71.6 Å². The monoisotopic (exact) mass is 536 g/mol. The van der Waals surface area contributed by atoms with Gasteiger partial charge in [-0.2, -0.15) is 4.57 Å². The summed E-state index contributed by atoms with van der Waals surface area (Å²) in [5.41, 5.74) is 1.54. The Bertz CT molecular complexity index is 1140. The number of phosphoric acid groups is 1. The van der Waals surface area contributed by atoms with E-state index in [0.29, 0.717) is 26.9 Å². The van der Waals surface area contributed by atoms with Crippen LogP contribution in [0, 0.1) is 6.92 Å². The molecule has 0 saturated carbocycles. The molecule has 31 heavy (non-hydrogen) atoms. The highest BCUT2D eigenvalue weighted by molar-refractivity contribution is 7.49. The Kier molecular flexibility index (Phi) is 6.35. The SMILES string of the molecule is Cc1ccccc1OP1(=O)Oc2ccc(Cl)cc2C(C(Cl)(Cl)Cl)c2cc(Cl)ccc2O1. The number of aryl methyl sites for hydroxylation is 1. The number of para-hydroxylation sites is 1. The standard InChI is InChI=1S/C21H14Cl5O4P/c1-12-4-2-3-5-17(12)28-31(27)29-18-8-6-13(22)10-15(18)20(21(24,25)26)16-11-14(23)7-9-19(16)30-31/h2-11,20H,1H3. The quantitative estimate of drug-likeness (QED) is 0.242. The van der Waals surface area contributed by atoms with E-state index in [9.17, 15) is 4.57 Å². The van der Waals surface area contributed by atoms with E-state index in [1.807, 2.05) is 19.1 Å². The van der Waals surface area contributed by atoms with Crippen LogP contribution >= 0.6 is 65.8 Å². The maximum atomic E-state index is 13.7. The van der Waals surface area contributed by atoms with Crippen molar-refractivity contribution < 1.29 is 18.1 Å². The van der Waals surface area contributed by atoms with Crippen molar-refractivity contribution in [1.29, 1.82) is 0 Å². The zero-order valence-corrected chi connectivity index (χ0v) is 20.5. The largest absolute Gasteiger partial charge is 0.647 e. The summed E-state index contributed by atoms with van der Waals surface area (Å²) in [5, 5.41) is 0.752. The molecule has 0 radical (unpaired) electrons. The first-order chi connectivity index (χ1) is 14.6. The van der Waals surface area contributed by atoms with Gasteiger partial charge in [0.2, 0.25) is 3.79 Å². The maximum Gasteiger partial charge on any atom is 0.647 e. The first-order valence-corrected chi connectivity index (χ1v) is 12.3. The molecule has 3 aromatic rings. The van der Waals surface area contributed by atoms with Gasteiger partial charge in [-0.15, -0.1) is 0 Å². The van der Waals surface area contributed by atoms with E-state index in [-0.39, 0.29) is 11.5 Å². The van der Waals surface area contributed by atoms with Gasteiger partial charge in [-0.05, 0) is 55.0 Å². The summed E-state index contributed by atoms with van der Waals surface area (Å²) in [7, 11) is -4.22. The predicted octanol–water partition coefficient (Wildman–Crippen LogP) is 8.76. The molecule has 1 aliphatic heterocycles. The average molecular weight is 539 g/mol. The van der Waals surface area contributed by atoms with Crippen LogP contribution < -0.4 is 13.6 Å². The van der Waals surface area contributed by atoms with Crippen LogP contribution in [-0.2, 0) is 4.57 Å². The fourth-order valence-corrected chi connectivity index (χ4v) is 5.69. The van der Waals surface area contributed by atoms with Crippen LogP contribution in [0.1, 0.15) is 22.6 Å². The highest BCUT2D eigenvalue weighted by Crippen LogP contribution is 2.59. The minimum Gasteiger partial charge on any atom is -0.386 e. The molecule has 0 fully saturated rings. The number of alkyl halides is 3. The number of benzene rings is 3. The number of phosphoric ester groups is 1. The molecule has 0 spiro atoms. The second-order valence-corrected chi connectivity index (χ2v) is 11.5. The molecule has 0 N–H and O–H groups in total. The summed E-state index contributed by atoms with van der Waals surface area (Å²) in [6.07, 6.45) is 0. The molecule has 0 saturated heterocycles. The highest BCUT2D eigenvalue weighted by Gasteiger charge is 2.45. The van der Waals surface area contributed by atoms with E-state index in [1.165, 1.54) is 12.1 Å². The lowest BCUT2D eigenvalue weighted by Crippen LogP contribution is -2.23. The molecule has 3 aromatic carbocycles. The third kappa shape index (κ3) is 4.90. The molecule has 1 heterocycles. The number of fused-ring (bicyclic) bond motifs is 2. The first-order valence-electron chi connectivity index (χ1n) is 8.96. The Morgan fingerprint density at radius 1 is 0.871 bits per heavy atom. The maximum absolute atomic E-state index is 13.7. The normalized spacial score (nSPS) is 20.4. The third-order valence-corrected chi connectivity index (χ3v) is 7.00. The van der Waals surface area contributed by atoms with Crippen molar-refractivity contribution in [3.8, 4) is 17.2 Å². The minimum atomic E-state index is -4.22. The van der Waals surface area contributed by atoms with Gasteiger partial charge < -0.3 is 13.6 Å². The lowest BCUT2D eigenvalue weighted by Gasteiger charge is -2.32. The molecule has 0 bridgehead atoms. The molecule has 0 atom stereocenters. The van der Waals surface area contributed by atoms with Crippen molar-refractivity contribution >= 4 is 65.8 Å². The van der Waals surface area contributed by atoms with Crippen LogP contribution in [0.5, 0.6) is 17.2 Å². The van der Waals surface area contributed by atoms with Crippen LogP contribution in [0.3, 0.4) is 0 Å². The van der Waals surface area contributed by atoms with E-state index in [0.717, 1.165) is 5.56 Å². The predicted molar refractivity (Wildman–Crippen MR) is 126 cm³/mol. The molecule has 0 aromatic heterocycles. The van der Waals surface area contributed by atoms with E-state index < -0.39 is 17.5 Å². The van der Waals surface area contributed by atoms with Crippen molar-refractivity contribution in [2.75, 3.05) is 0 Å². The molecule has 4 rings (SSSR count). The number of rotatable bonds is 2.